The maximum Gasteiger partial charge on any atom is 0.162 e. The first kappa shape index (κ1) is 19.6. The van der Waals surface area contributed by atoms with Crippen molar-refractivity contribution in [3.63, 3.8) is 0 Å². The summed E-state index contributed by atoms with van der Waals surface area (Å²) < 4.78 is 2.18. The fourth-order valence-corrected chi connectivity index (χ4v) is 4.84. The molecule has 144 valence electrons. The molecule has 0 atom stereocenters. The molecule has 1 heterocycles. The minimum atomic E-state index is 0.0639. The third kappa shape index (κ3) is 3.89. The topological polar surface area (TPSA) is 22.0 Å². The molecule has 0 fully saturated rings. The summed E-state index contributed by atoms with van der Waals surface area (Å²) in [7, 11) is 0. The summed E-state index contributed by atoms with van der Waals surface area (Å²) in [6, 6.07) is 28.1. The highest BCUT2D eigenvalue weighted by molar-refractivity contribution is 7.99. The molecule has 0 saturated carbocycles. The Labute approximate surface area is 180 Å². The molecule has 0 unspecified atom stereocenters. The van der Waals surface area contributed by atoms with E-state index in [1.165, 1.54) is 0 Å². The minimum Gasteiger partial charge on any atom is -0.307 e. The van der Waals surface area contributed by atoms with Gasteiger partial charge in [0.05, 0.1) is 5.03 Å². The van der Waals surface area contributed by atoms with Gasteiger partial charge in [0.1, 0.15) is 0 Å². The zero-order chi connectivity index (χ0) is 20.4. The number of nitrogens with zero attached hydrogens (tertiary/aromatic N) is 1. The number of rotatable bonds is 5. The number of hydrogen-bond acceptors (Lipinski definition) is 2. The smallest absolute Gasteiger partial charge is 0.162 e. The van der Waals surface area contributed by atoms with Crippen LogP contribution in [0.25, 0.3) is 16.8 Å². The summed E-state index contributed by atoms with van der Waals surface area (Å²) in [6.07, 6.45) is 0. The van der Waals surface area contributed by atoms with Gasteiger partial charge in [0.2, 0.25) is 0 Å². The van der Waals surface area contributed by atoms with Crippen molar-refractivity contribution in [1.29, 1.82) is 0 Å². The lowest BCUT2D eigenvalue weighted by Crippen LogP contribution is -2.00. The molecule has 4 heteroatoms. The molecule has 0 amide bonds. The van der Waals surface area contributed by atoms with Crippen LogP contribution in [-0.2, 0) is 0 Å². The highest BCUT2D eigenvalue weighted by Gasteiger charge is 2.25. The summed E-state index contributed by atoms with van der Waals surface area (Å²) >= 11 is 7.72. The van der Waals surface area contributed by atoms with Crippen LogP contribution >= 0.6 is 23.4 Å². The lowest BCUT2D eigenvalue weighted by atomic mass is 10.0. The van der Waals surface area contributed by atoms with Gasteiger partial charge in [0, 0.05) is 32.4 Å². The van der Waals surface area contributed by atoms with E-state index in [0.29, 0.717) is 5.02 Å². The quantitative estimate of drug-likeness (QED) is 0.314. The summed E-state index contributed by atoms with van der Waals surface area (Å²) in [6.45, 7) is 3.66. The van der Waals surface area contributed by atoms with E-state index in [-0.39, 0.29) is 5.78 Å². The predicted molar refractivity (Wildman–Crippen MR) is 122 cm³/mol. The number of hydrogen-bond donors (Lipinski definition) is 0. The summed E-state index contributed by atoms with van der Waals surface area (Å²) in [4.78, 5) is 13.8. The second kappa shape index (κ2) is 8.32. The van der Waals surface area contributed by atoms with E-state index in [1.54, 1.807) is 18.7 Å². The average Bonchev–Trinajstić information content (AvgIpc) is 3.03. The first-order valence-corrected chi connectivity index (χ1v) is 10.6. The predicted octanol–water partition coefficient (Wildman–Crippen LogP) is 7.46. The zero-order valence-electron chi connectivity index (χ0n) is 16.2. The van der Waals surface area contributed by atoms with E-state index in [9.17, 15) is 4.79 Å². The van der Waals surface area contributed by atoms with Gasteiger partial charge in [-0.2, -0.15) is 0 Å². The normalized spacial score (nSPS) is 10.9. The molecule has 0 bridgehead atoms. The van der Waals surface area contributed by atoms with Gasteiger partial charge in [-0.25, -0.2) is 0 Å². The standard InChI is InChI=1S/C25H20ClNOS/c1-17-23(18(2)28)24(19-9-5-3-6-10-19)25(27(17)21-11-7-4-8-12-21)29-22-15-13-20(26)14-16-22/h3-16H,1-2H3. The third-order valence-electron chi connectivity index (χ3n) is 4.82. The van der Waals surface area contributed by atoms with E-state index in [1.807, 2.05) is 67.6 Å². The van der Waals surface area contributed by atoms with Gasteiger partial charge < -0.3 is 4.57 Å². The lowest BCUT2D eigenvalue weighted by molar-refractivity contribution is 0.101. The molecule has 2 nitrogen and oxygen atoms in total. The van der Waals surface area contributed by atoms with E-state index in [0.717, 1.165) is 38.0 Å². The van der Waals surface area contributed by atoms with E-state index >= 15 is 0 Å². The maximum absolute atomic E-state index is 12.7. The van der Waals surface area contributed by atoms with Crippen LogP contribution in [0, 0.1) is 6.92 Å². The first-order chi connectivity index (χ1) is 14.1. The van der Waals surface area contributed by atoms with Crippen molar-refractivity contribution in [2.45, 2.75) is 23.8 Å². The molecule has 0 aliphatic carbocycles. The Bertz CT molecular complexity index is 1150. The lowest BCUT2D eigenvalue weighted by Gasteiger charge is -2.13. The molecular formula is C25H20ClNOS. The van der Waals surface area contributed by atoms with Gasteiger partial charge in [-0.05, 0) is 55.8 Å². The number of aromatic nitrogens is 1. The molecule has 29 heavy (non-hydrogen) atoms. The second-order valence-electron chi connectivity index (χ2n) is 6.79. The number of halogens is 1. The van der Waals surface area contributed by atoms with Crippen LogP contribution in [0.5, 0.6) is 0 Å². The van der Waals surface area contributed by atoms with Gasteiger partial charge in [-0.15, -0.1) is 0 Å². The third-order valence-corrected chi connectivity index (χ3v) is 6.16. The molecule has 0 N–H and O–H groups in total. The largest absolute Gasteiger partial charge is 0.307 e. The van der Waals surface area contributed by atoms with Crippen LogP contribution < -0.4 is 0 Å². The van der Waals surface area contributed by atoms with Crippen LogP contribution in [0.2, 0.25) is 5.02 Å². The van der Waals surface area contributed by atoms with Crippen molar-refractivity contribution < 1.29 is 4.79 Å². The van der Waals surface area contributed by atoms with Crippen molar-refractivity contribution in [3.05, 3.63) is 101 Å². The SMILES string of the molecule is CC(=O)c1c(-c2ccccc2)c(Sc2ccc(Cl)cc2)n(-c2ccccc2)c1C. The molecule has 3 aromatic carbocycles. The molecule has 1 aromatic heterocycles. The molecule has 4 rings (SSSR count). The van der Waals surface area contributed by atoms with Gasteiger partial charge in [0.15, 0.2) is 5.78 Å². The number of Topliss-reactive ketones (excluding diaryl/α,β-unsaturated/α-hetero) is 1. The Kier molecular flexibility index (Phi) is 5.61. The Morgan fingerprint density at radius 2 is 1.45 bits per heavy atom. The minimum absolute atomic E-state index is 0.0639. The molecule has 0 saturated heterocycles. The van der Waals surface area contributed by atoms with E-state index in [2.05, 4.69) is 28.8 Å². The highest BCUT2D eigenvalue weighted by Crippen LogP contribution is 2.43. The monoisotopic (exact) mass is 417 g/mol. The summed E-state index contributed by atoms with van der Waals surface area (Å²) in [5.41, 5.74) is 4.74. The number of carbonyl (C=O) groups excluding carboxylic acids is 1. The van der Waals surface area contributed by atoms with Crippen molar-refractivity contribution >= 4 is 29.1 Å². The van der Waals surface area contributed by atoms with Crippen LogP contribution in [0.4, 0.5) is 0 Å². The maximum atomic E-state index is 12.7. The summed E-state index contributed by atoms with van der Waals surface area (Å²) in [5.74, 6) is 0.0639. The van der Waals surface area contributed by atoms with Crippen LogP contribution in [0.3, 0.4) is 0 Å². The second-order valence-corrected chi connectivity index (χ2v) is 8.29. The fourth-order valence-electron chi connectivity index (χ4n) is 3.57. The molecule has 0 aliphatic rings. The number of ketones is 1. The molecule has 0 aliphatic heterocycles. The molecular weight excluding hydrogens is 398 g/mol. The molecule has 0 radical (unpaired) electrons. The van der Waals surface area contributed by atoms with Crippen molar-refractivity contribution in [1.82, 2.24) is 4.57 Å². The van der Waals surface area contributed by atoms with Crippen molar-refractivity contribution in [2.24, 2.45) is 0 Å². The zero-order valence-corrected chi connectivity index (χ0v) is 17.8. The Balaban J connectivity index is 2.02. The number of para-hydroxylation sites is 1. The fraction of sp³-hybridized carbons (Fsp3) is 0.0800. The number of carbonyl (C=O) groups is 1. The molecule has 0 spiro atoms. The van der Waals surface area contributed by atoms with Crippen molar-refractivity contribution in [3.8, 4) is 16.8 Å². The van der Waals surface area contributed by atoms with Crippen LogP contribution in [0.1, 0.15) is 23.0 Å². The van der Waals surface area contributed by atoms with E-state index < -0.39 is 0 Å². The highest BCUT2D eigenvalue weighted by atomic mass is 35.5. The summed E-state index contributed by atoms with van der Waals surface area (Å²) in [5, 5.41) is 1.73. The Hall–Kier alpha value is -2.75. The Morgan fingerprint density at radius 1 is 0.862 bits per heavy atom. The Morgan fingerprint density at radius 3 is 2.03 bits per heavy atom. The first-order valence-electron chi connectivity index (χ1n) is 9.36. The average molecular weight is 418 g/mol. The van der Waals surface area contributed by atoms with E-state index in [4.69, 9.17) is 11.6 Å². The van der Waals surface area contributed by atoms with Gasteiger partial charge >= 0.3 is 0 Å². The van der Waals surface area contributed by atoms with Gasteiger partial charge in [-0.1, -0.05) is 71.9 Å². The van der Waals surface area contributed by atoms with Crippen LogP contribution in [0.15, 0.2) is 94.9 Å². The molecule has 4 aromatic rings. The van der Waals surface area contributed by atoms with Gasteiger partial charge in [-0.3, -0.25) is 4.79 Å². The van der Waals surface area contributed by atoms with Crippen LogP contribution in [-0.4, -0.2) is 10.4 Å². The number of benzene rings is 3. The van der Waals surface area contributed by atoms with Crippen molar-refractivity contribution in [2.75, 3.05) is 0 Å². The van der Waals surface area contributed by atoms with Gasteiger partial charge in [0.25, 0.3) is 0 Å².